The summed E-state index contributed by atoms with van der Waals surface area (Å²) in [6.07, 6.45) is 5.52. The number of amides is 2. The van der Waals surface area contributed by atoms with Gasteiger partial charge in [0.05, 0.1) is 6.42 Å². The minimum Gasteiger partial charge on any atom is -0.351 e. The molecule has 1 N–H and O–H groups in total. The van der Waals surface area contributed by atoms with Crippen LogP contribution < -0.4 is 10.2 Å². The van der Waals surface area contributed by atoms with E-state index in [2.05, 4.69) is 5.32 Å². The third-order valence-corrected chi connectivity index (χ3v) is 7.35. The number of hydrogen-bond donors (Lipinski definition) is 1. The lowest BCUT2D eigenvalue weighted by molar-refractivity contribution is -0.127. The molecule has 2 aromatic heterocycles. The second kappa shape index (κ2) is 10.2. The topological polar surface area (TPSA) is 49.4 Å². The van der Waals surface area contributed by atoms with Crippen molar-refractivity contribution in [2.24, 2.45) is 0 Å². The van der Waals surface area contributed by atoms with Gasteiger partial charge in [-0.3, -0.25) is 14.5 Å². The number of rotatable bonds is 7. The van der Waals surface area contributed by atoms with Crippen LogP contribution >= 0.6 is 22.7 Å². The molecule has 1 aliphatic carbocycles. The molecule has 1 saturated carbocycles. The van der Waals surface area contributed by atoms with Gasteiger partial charge in [0, 0.05) is 21.5 Å². The summed E-state index contributed by atoms with van der Waals surface area (Å²) in [5, 5.41) is 7.02. The fourth-order valence-corrected chi connectivity index (χ4v) is 5.54. The number of thiophene rings is 2. The van der Waals surface area contributed by atoms with E-state index in [9.17, 15) is 14.0 Å². The highest BCUT2D eigenvalue weighted by molar-refractivity contribution is 7.10. The molecule has 1 atom stereocenters. The minimum atomic E-state index is -0.792. The van der Waals surface area contributed by atoms with Crippen LogP contribution in [0.2, 0.25) is 0 Å². The Balaban J connectivity index is 1.69. The lowest BCUT2D eigenvalue weighted by atomic mass is 9.95. The van der Waals surface area contributed by atoms with Crippen molar-refractivity contribution in [3.8, 4) is 0 Å². The molecule has 4 nitrogen and oxygen atoms in total. The van der Waals surface area contributed by atoms with Gasteiger partial charge in [-0.2, -0.15) is 0 Å². The smallest absolute Gasteiger partial charge is 0.248 e. The van der Waals surface area contributed by atoms with E-state index in [1.807, 2.05) is 35.0 Å². The first-order valence-electron chi connectivity index (χ1n) is 10.6. The zero-order chi connectivity index (χ0) is 21.6. The van der Waals surface area contributed by atoms with Crippen molar-refractivity contribution in [1.29, 1.82) is 0 Å². The standard InChI is InChI=1S/C24H25FN2O2S2/c25-17-10-12-19(13-11-17)27(22(28)16-20-8-4-14-30-20)23(21-9-5-15-31-21)24(29)26-18-6-2-1-3-7-18/h4-5,8-15,18,23H,1-3,6-7,16H2,(H,26,29). The molecule has 4 rings (SSSR count). The molecule has 1 unspecified atom stereocenters. The Morgan fingerprint density at radius 3 is 2.35 bits per heavy atom. The maximum absolute atomic E-state index is 13.6. The molecule has 2 heterocycles. The molecule has 0 aliphatic heterocycles. The molecule has 31 heavy (non-hydrogen) atoms. The van der Waals surface area contributed by atoms with Crippen molar-refractivity contribution in [1.82, 2.24) is 5.32 Å². The summed E-state index contributed by atoms with van der Waals surface area (Å²) in [7, 11) is 0. The second-order valence-corrected chi connectivity index (χ2v) is 9.77. The largest absolute Gasteiger partial charge is 0.351 e. The van der Waals surface area contributed by atoms with E-state index < -0.39 is 6.04 Å². The number of benzene rings is 1. The minimum absolute atomic E-state index is 0.131. The summed E-state index contributed by atoms with van der Waals surface area (Å²) < 4.78 is 13.6. The number of carbonyl (C=O) groups is 2. The van der Waals surface area contributed by atoms with Gasteiger partial charge in [0.15, 0.2) is 0 Å². The quantitative estimate of drug-likeness (QED) is 0.495. The van der Waals surface area contributed by atoms with Gasteiger partial charge in [-0.05, 0) is 60.0 Å². The van der Waals surface area contributed by atoms with Crippen LogP contribution in [0.25, 0.3) is 0 Å². The van der Waals surface area contributed by atoms with Crippen LogP contribution in [-0.4, -0.2) is 17.9 Å². The molecular formula is C24H25FN2O2S2. The first kappa shape index (κ1) is 21.7. The van der Waals surface area contributed by atoms with Gasteiger partial charge in [-0.15, -0.1) is 22.7 Å². The Morgan fingerprint density at radius 1 is 1.00 bits per heavy atom. The summed E-state index contributed by atoms with van der Waals surface area (Å²) >= 11 is 2.95. The lowest BCUT2D eigenvalue weighted by Gasteiger charge is -2.32. The van der Waals surface area contributed by atoms with Crippen LogP contribution in [0.1, 0.15) is 47.9 Å². The Bertz CT molecular complexity index is 981. The molecule has 2 amide bonds. The monoisotopic (exact) mass is 456 g/mol. The number of anilines is 1. The summed E-state index contributed by atoms with van der Waals surface area (Å²) in [4.78, 5) is 30.3. The SMILES string of the molecule is O=C(NC1CCCCC1)C(c1cccs1)N(C(=O)Cc1cccs1)c1ccc(F)cc1. The Kier molecular flexibility index (Phi) is 7.14. The predicted molar refractivity (Wildman–Crippen MR) is 124 cm³/mol. The summed E-state index contributed by atoms with van der Waals surface area (Å²) in [5.41, 5.74) is 0.514. The van der Waals surface area contributed by atoms with Gasteiger partial charge >= 0.3 is 0 Å². The van der Waals surface area contributed by atoms with Crippen molar-refractivity contribution < 1.29 is 14.0 Å². The molecule has 1 aromatic carbocycles. The number of halogens is 1. The number of nitrogens with one attached hydrogen (secondary N) is 1. The van der Waals surface area contributed by atoms with Gasteiger partial charge in [0.2, 0.25) is 11.8 Å². The lowest BCUT2D eigenvalue weighted by Crippen LogP contribution is -2.47. The first-order chi connectivity index (χ1) is 15.1. The van der Waals surface area contributed by atoms with E-state index >= 15 is 0 Å². The summed E-state index contributed by atoms with van der Waals surface area (Å²) in [5.74, 6) is -0.752. The fraction of sp³-hybridized carbons (Fsp3) is 0.333. The van der Waals surface area contributed by atoms with Gasteiger partial charge in [0.25, 0.3) is 0 Å². The van der Waals surface area contributed by atoms with Crippen molar-refractivity contribution in [2.45, 2.75) is 50.6 Å². The Morgan fingerprint density at radius 2 is 1.71 bits per heavy atom. The summed E-state index contributed by atoms with van der Waals surface area (Å²) in [6, 6.07) is 12.7. The van der Waals surface area contributed by atoms with Crippen molar-refractivity contribution >= 4 is 40.2 Å². The van der Waals surface area contributed by atoms with Crippen LogP contribution in [-0.2, 0) is 16.0 Å². The van der Waals surface area contributed by atoms with Crippen molar-refractivity contribution in [3.63, 3.8) is 0 Å². The fourth-order valence-electron chi connectivity index (χ4n) is 4.03. The second-order valence-electron chi connectivity index (χ2n) is 7.76. The molecule has 3 aromatic rings. The van der Waals surface area contributed by atoms with E-state index in [4.69, 9.17) is 0 Å². The molecule has 1 fully saturated rings. The van der Waals surface area contributed by atoms with E-state index in [1.54, 1.807) is 12.1 Å². The first-order valence-corrected chi connectivity index (χ1v) is 12.3. The Labute approximate surface area is 189 Å². The number of hydrogen-bond acceptors (Lipinski definition) is 4. The number of carbonyl (C=O) groups excluding carboxylic acids is 2. The zero-order valence-electron chi connectivity index (χ0n) is 17.1. The normalized spacial score (nSPS) is 15.4. The van der Waals surface area contributed by atoms with Crippen molar-refractivity contribution in [3.05, 3.63) is 74.9 Å². The van der Waals surface area contributed by atoms with Crippen LogP contribution in [0.15, 0.2) is 59.3 Å². The Hall–Kier alpha value is -2.51. The predicted octanol–water partition coefficient (Wildman–Crippen LogP) is 5.71. The molecular weight excluding hydrogens is 431 g/mol. The molecule has 162 valence electrons. The highest BCUT2D eigenvalue weighted by atomic mass is 32.1. The molecule has 7 heteroatoms. The van der Waals surface area contributed by atoms with Gasteiger partial charge in [-0.1, -0.05) is 31.4 Å². The maximum Gasteiger partial charge on any atom is 0.248 e. The van der Waals surface area contributed by atoms with Crippen LogP contribution in [0, 0.1) is 5.82 Å². The molecule has 0 radical (unpaired) electrons. The number of nitrogens with zero attached hydrogens (tertiary/aromatic N) is 1. The molecule has 0 spiro atoms. The molecule has 1 aliphatic rings. The van der Waals surface area contributed by atoms with Gasteiger partial charge < -0.3 is 5.32 Å². The van der Waals surface area contributed by atoms with E-state index in [-0.39, 0.29) is 30.1 Å². The maximum atomic E-state index is 13.6. The van der Waals surface area contributed by atoms with Crippen LogP contribution in [0.3, 0.4) is 0 Å². The highest BCUT2D eigenvalue weighted by Gasteiger charge is 2.34. The van der Waals surface area contributed by atoms with Crippen molar-refractivity contribution in [2.75, 3.05) is 4.90 Å². The van der Waals surface area contributed by atoms with Gasteiger partial charge in [0.1, 0.15) is 11.9 Å². The van der Waals surface area contributed by atoms with E-state index in [0.29, 0.717) is 5.69 Å². The van der Waals surface area contributed by atoms with Gasteiger partial charge in [-0.25, -0.2) is 4.39 Å². The highest BCUT2D eigenvalue weighted by Crippen LogP contribution is 2.32. The average Bonchev–Trinajstić information content (AvgIpc) is 3.48. The summed E-state index contributed by atoms with van der Waals surface area (Å²) in [6.45, 7) is 0. The molecule has 0 saturated heterocycles. The third-order valence-electron chi connectivity index (χ3n) is 5.55. The van der Waals surface area contributed by atoms with Crippen LogP contribution in [0.4, 0.5) is 10.1 Å². The van der Waals surface area contributed by atoms with E-state index in [0.717, 1.165) is 35.4 Å². The zero-order valence-corrected chi connectivity index (χ0v) is 18.8. The molecule has 0 bridgehead atoms. The average molecular weight is 457 g/mol. The third kappa shape index (κ3) is 5.40. The van der Waals surface area contributed by atoms with Crippen LogP contribution in [0.5, 0.6) is 0 Å². The van der Waals surface area contributed by atoms with E-state index in [1.165, 1.54) is 46.1 Å².